The molecule has 1 aliphatic heterocycles. The zero-order valence-electron chi connectivity index (χ0n) is 21.0. The van der Waals surface area contributed by atoms with E-state index in [9.17, 15) is 20.1 Å². The van der Waals surface area contributed by atoms with Gasteiger partial charge in [0.1, 0.15) is 0 Å². The number of nitrogens with zero attached hydrogens (tertiary/aromatic N) is 7. The molecule has 0 unspecified atom stereocenters. The van der Waals surface area contributed by atoms with Gasteiger partial charge in [0, 0.05) is 55.3 Å². The van der Waals surface area contributed by atoms with Crippen LogP contribution in [0, 0.1) is 28.6 Å². The fraction of sp³-hybridized carbons (Fsp3) is 0.370. The molecule has 1 atom stereocenters. The van der Waals surface area contributed by atoms with Crippen LogP contribution in [0.25, 0.3) is 11.3 Å². The lowest BCUT2D eigenvalue weighted by atomic mass is 9.67. The Balaban J connectivity index is 1.24. The van der Waals surface area contributed by atoms with Gasteiger partial charge in [-0.05, 0) is 49.6 Å². The normalized spacial score (nSPS) is 22.1. The van der Waals surface area contributed by atoms with Crippen LogP contribution in [0.3, 0.4) is 0 Å². The molecule has 0 bridgehead atoms. The van der Waals surface area contributed by atoms with Gasteiger partial charge in [0.15, 0.2) is 0 Å². The number of aromatic nitrogens is 4. The molecule has 1 aromatic carbocycles. The number of hydrogen-bond donors (Lipinski definition) is 2. The van der Waals surface area contributed by atoms with Crippen molar-refractivity contribution < 1.29 is 9.59 Å². The molecular formula is C27H27N9O2. The van der Waals surface area contributed by atoms with Crippen molar-refractivity contribution in [2.75, 3.05) is 18.4 Å². The predicted octanol–water partition coefficient (Wildman–Crippen LogP) is 2.98. The molecule has 2 aromatic heterocycles. The molecule has 2 N–H and O–H groups in total. The van der Waals surface area contributed by atoms with Gasteiger partial charge in [-0.15, -0.1) is 0 Å². The highest BCUT2D eigenvalue weighted by Gasteiger charge is 2.46. The first kappa shape index (κ1) is 24.9. The van der Waals surface area contributed by atoms with E-state index in [0.717, 1.165) is 17.7 Å². The van der Waals surface area contributed by atoms with E-state index in [0.29, 0.717) is 49.6 Å². The molecule has 1 saturated heterocycles. The van der Waals surface area contributed by atoms with Crippen LogP contribution in [0.1, 0.15) is 43.0 Å². The highest BCUT2D eigenvalue weighted by molar-refractivity contribution is 5.95. The molecule has 2 fully saturated rings. The Labute approximate surface area is 220 Å². The standard InChI is InChI=1S/C27H27N9O2/c1-18(37)32-23-7-11-35(17-23)25(38)20-2-4-22(5-3-20)33-26-30-10-6-24(34-26)21-15-31-36(16-21)27(8-9-28)12-19(13-27)14-29/h2-6,10,15-16,19,23H,7-8,11-13,17H2,1H3,(H,32,37)(H,30,33,34)/t19?,23-,27?/m1/s1. The first-order valence-electron chi connectivity index (χ1n) is 12.5. The summed E-state index contributed by atoms with van der Waals surface area (Å²) >= 11 is 0. The van der Waals surface area contributed by atoms with Gasteiger partial charge in [-0.3, -0.25) is 14.3 Å². The molecule has 3 heterocycles. The number of hydrogen-bond acceptors (Lipinski definition) is 8. The van der Waals surface area contributed by atoms with Crippen LogP contribution < -0.4 is 10.6 Å². The molecule has 1 saturated carbocycles. The molecule has 1 aliphatic carbocycles. The van der Waals surface area contributed by atoms with E-state index in [-0.39, 0.29) is 23.8 Å². The highest BCUT2D eigenvalue weighted by Crippen LogP contribution is 2.46. The zero-order chi connectivity index (χ0) is 26.7. The largest absolute Gasteiger partial charge is 0.352 e. The molecule has 0 spiro atoms. The summed E-state index contributed by atoms with van der Waals surface area (Å²) < 4.78 is 1.79. The maximum Gasteiger partial charge on any atom is 0.253 e. The van der Waals surface area contributed by atoms with Gasteiger partial charge in [-0.1, -0.05) is 0 Å². The number of rotatable bonds is 7. The molecule has 11 heteroatoms. The third kappa shape index (κ3) is 5.04. The summed E-state index contributed by atoms with van der Waals surface area (Å²) in [5, 5.41) is 29.0. The Hall–Kier alpha value is -4.77. The summed E-state index contributed by atoms with van der Waals surface area (Å²) in [6.45, 7) is 2.60. The van der Waals surface area contributed by atoms with Gasteiger partial charge in [-0.25, -0.2) is 9.97 Å². The molecule has 38 heavy (non-hydrogen) atoms. The Bertz CT molecular complexity index is 1430. The quantitative estimate of drug-likeness (QED) is 0.493. The van der Waals surface area contributed by atoms with E-state index in [4.69, 9.17) is 0 Å². The van der Waals surface area contributed by atoms with Crippen LogP contribution in [0.15, 0.2) is 48.9 Å². The van der Waals surface area contributed by atoms with E-state index in [2.05, 4.69) is 37.8 Å². The molecule has 192 valence electrons. The van der Waals surface area contributed by atoms with Crippen molar-refractivity contribution in [2.45, 2.75) is 44.2 Å². The van der Waals surface area contributed by atoms with Crippen LogP contribution in [-0.2, 0) is 10.3 Å². The Morgan fingerprint density at radius 3 is 2.68 bits per heavy atom. The molecule has 2 amide bonds. The molecule has 11 nitrogen and oxygen atoms in total. The SMILES string of the molecule is CC(=O)N[C@@H]1CCN(C(=O)c2ccc(Nc3nccc(-c4cnn(C5(CC#N)CC(C#N)C5)c4)n3)cc2)C1. The first-order valence-corrected chi connectivity index (χ1v) is 12.5. The number of benzene rings is 1. The van der Waals surface area contributed by atoms with E-state index in [1.165, 1.54) is 6.92 Å². The van der Waals surface area contributed by atoms with Crippen molar-refractivity contribution in [1.82, 2.24) is 30.0 Å². The topological polar surface area (TPSA) is 153 Å². The minimum Gasteiger partial charge on any atom is -0.352 e. The average Bonchev–Trinajstić information content (AvgIpc) is 3.56. The average molecular weight is 510 g/mol. The van der Waals surface area contributed by atoms with Crippen molar-refractivity contribution in [3.05, 3.63) is 54.5 Å². The third-order valence-corrected chi connectivity index (χ3v) is 7.13. The maximum atomic E-state index is 12.9. The lowest BCUT2D eigenvalue weighted by Gasteiger charge is -2.43. The third-order valence-electron chi connectivity index (χ3n) is 7.13. The molecule has 2 aliphatic rings. The van der Waals surface area contributed by atoms with Crippen LogP contribution in [-0.4, -0.2) is 55.6 Å². The number of carbonyl (C=O) groups is 2. The lowest BCUT2D eigenvalue weighted by molar-refractivity contribution is -0.119. The first-order chi connectivity index (χ1) is 18.4. The molecular weight excluding hydrogens is 482 g/mol. The Kier molecular flexibility index (Phi) is 6.75. The highest BCUT2D eigenvalue weighted by atomic mass is 16.2. The minimum atomic E-state index is -0.444. The molecule has 3 aromatic rings. The second-order valence-corrected chi connectivity index (χ2v) is 9.87. The van der Waals surface area contributed by atoms with E-state index in [1.807, 2.05) is 6.20 Å². The zero-order valence-corrected chi connectivity index (χ0v) is 21.0. The van der Waals surface area contributed by atoms with Gasteiger partial charge in [0.2, 0.25) is 11.9 Å². The number of amides is 2. The molecule has 0 radical (unpaired) electrons. The Morgan fingerprint density at radius 1 is 1.18 bits per heavy atom. The minimum absolute atomic E-state index is 0.00557. The van der Waals surface area contributed by atoms with Crippen LogP contribution in [0.4, 0.5) is 11.6 Å². The number of nitriles is 2. The second-order valence-electron chi connectivity index (χ2n) is 9.87. The summed E-state index contributed by atoms with van der Waals surface area (Å²) in [5.41, 5.74) is 2.32. The lowest BCUT2D eigenvalue weighted by Crippen LogP contribution is -2.46. The van der Waals surface area contributed by atoms with Crippen LogP contribution >= 0.6 is 0 Å². The van der Waals surface area contributed by atoms with E-state index >= 15 is 0 Å². The van der Waals surface area contributed by atoms with E-state index < -0.39 is 5.54 Å². The summed E-state index contributed by atoms with van der Waals surface area (Å²) in [7, 11) is 0. The summed E-state index contributed by atoms with van der Waals surface area (Å²) in [6.07, 6.45) is 7.50. The van der Waals surface area contributed by atoms with Crippen molar-refractivity contribution in [3.63, 3.8) is 0 Å². The van der Waals surface area contributed by atoms with Gasteiger partial charge in [0.05, 0.1) is 41.9 Å². The number of anilines is 2. The summed E-state index contributed by atoms with van der Waals surface area (Å²) in [6, 6.07) is 13.4. The van der Waals surface area contributed by atoms with Gasteiger partial charge >= 0.3 is 0 Å². The van der Waals surface area contributed by atoms with Gasteiger partial charge in [-0.2, -0.15) is 15.6 Å². The smallest absolute Gasteiger partial charge is 0.253 e. The van der Waals surface area contributed by atoms with Crippen molar-refractivity contribution in [2.24, 2.45) is 5.92 Å². The van der Waals surface area contributed by atoms with Crippen molar-refractivity contribution in [1.29, 1.82) is 10.5 Å². The van der Waals surface area contributed by atoms with Gasteiger partial charge in [0.25, 0.3) is 5.91 Å². The molecule has 5 rings (SSSR count). The van der Waals surface area contributed by atoms with Crippen LogP contribution in [0.2, 0.25) is 0 Å². The second kappa shape index (κ2) is 10.3. The van der Waals surface area contributed by atoms with Crippen molar-refractivity contribution >= 4 is 23.5 Å². The van der Waals surface area contributed by atoms with Crippen molar-refractivity contribution in [3.8, 4) is 23.4 Å². The van der Waals surface area contributed by atoms with E-state index in [1.54, 1.807) is 52.3 Å². The number of carbonyl (C=O) groups excluding carboxylic acids is 2. The number of likely N-dealkylation sites (tertiary alicyclic amines) is 1. The van der Waals surface area contributed by atoms with Crippen LogP contribution in [0.5, 0.6) is 0 Å². The summed E-state index contributed by atoms with van der Waals surface area (Å²) in [5.74, 6) is 0.187. The fourth-order valence-electron chi connectivity index (χ4n) is 5.16. The Morgan fingerprint density at radius 2 is 1.97 bits per heavy atom. The van der Waals surface area contributed by atoms with Gasteiger partial charge < -0.3 is 15.5 Å². The predicted molar refractivity (Wildman–Crippen MR) is 138 cm³/mol. The maximum absolute atomic E-state index is 12.9. The monoisotopic (exact) mass is 509 g/mol. The summed E-state index contributed by atoms with van der Waals surface area (Å²) in [4.78, 5) is 34.8. The number of nitrogens with one attached hydrogen (secondary N) is 2. The fourth-order valence-corrected chi connectivity index (χ4v) is 5.16.